The molecule has 1 nitrogen and oxygen atoms in total. The van der Waals surface area contributed by atoms with E-state index in [9.17, 15) is 0 Å². The van der Waals surface area contributed by atoms with Gasteiger partial charge in [-0.25, -0.2) is 0 Å². The number of benzene rings is 2. The maximum atomic E-state index is 2.54. The Morgan fingerprint density at radius 2 is 1.36 bits per heavy atom. The Bertz CT molecular complexity index is 645. The molecule has 2 aromatic carbocycles. The van der Waals surface area contributed by atoms with Crippen molar-refractivity contribution >= 4 is 5.57 Å². The van der Waals surface area contributed by atoms with Crippen molar-refractivity contribution in [2.75, 3.05) is 13.1 Å². The van der Waals surface area contributed by atoms with Crippen LogP contribution in [0.25, 0.3) is 16.7 Å². The summed E-state index contributed by atoms with van der Waals surface area (Å²) in [7, 11) is 0. The van der Waals surface area contributed by atoms with Crippen LogP contribution in [0.15, 0.2) is 60.7 Å². The highest BCUT2D eigenvalue weighted by molar-refractivity contribution is 5.71. The van der Waals surface area contributed by atoms with Crippen LogP contribution in [0.1, 0.15) is 32.8 Å². The van der Waals surface area contributed by atoms with E-state index in [0.717, 1.165) is 19.5 Å². The molecule has 1 aliphatic rings. The summed E-state index contributed by atoms with van der Waals surface area (Å²) >= 11 is 0. The van der Waals surface area contributed by atoms with Gasteiger partial charge in [0.25, 0.3) is 0 Å². The summed E-state index contributed by atoms with van der Waals surface area (Å²) in [6.07, 6.45) is 3.54. The molecule has 0 unspecified atom stereocenters. The smallest absolute Gasteiger partial charge is 0.0174 e. The van der Waals surface area contributed by atoms with E-state index in [1.807, 2.05) is 0 Å². The Labute approximate surface area is 134 Å². The topological polar surface area (TPSA) is 3.24 Å². The van der Waals surface area contributed by atoms with Crippen LogP contribution in [0.3, 0.4) is 0 Å². The van der Waals surface area contributed by atoms with Gasteiger partial charge >= 0.3 is 0 Å². The summed E-state index contributed by atoms with van der Waals surface area (Å²) in [6, 6.07) is 19.6. The van der Waals surface area contributed by atoms with Gasteiger partial charge in [0.15, 0.2) is 0 Å². The van der Waals surface area contributed by atoms with Crippen LogP contribution in [-0.2, 0) is 0 Å². The minimum absolute atomic E-state index is 0.263. The Kier molecular flexibility index (Phi) is 4.17. The van der Waals surface area contributed by atoms with Crippen LogP contribution in [0.4, 0.5) is 0 Å². The highest BCUT2D eigenvalue weighted by atomic mass is 15.2. The molecule has 0 aliphatic carbocycles. The van der Waals surface area contributed by atoms with Gasteiger partial charge in [0.1, 0.15) is 0 Å². The Hall–Kier alpha value is -1.86. The third kappa shape index (κ3) is 3.31. The van der Waals surface area contributed by atoms with Crippen LogP contribution in [0.5, 0.6) is 0 Å². The molecule has 0 saturated carbocycles. The second kappa shape index (κ2) is 6.10. The Balaban J connectivity index is 1.76. The summed E-state index contributed by atoms with van der Waals surface area (Å²) in [6.45, 7) is 9.08. The first-order valence-electron chi connectivity index (χ1n) is 8.14. The zero-order chi connectivity index (χ0) is 15.6. The molecule has 0 fully saturated rings. The standard InChI is InChI=1S/C21H25N/c1-21(2,3)22-15-13-20(14-16-22)19-11-9-18(10-12-19)17-7-5-4-6-8-17/h4-13H,14-16H2,1-3H3. The molecule has 0 amide bonds. The fraction of sp³-hybridized carbons (Fsp3) is 0.333. The van der Waals surface area contributed by atoms with E-state index in [1.54, 1.807) is 0 Å². The molecule has 1 aliphatic heterocycles. The van der Waals surface area contributed by atoms with Crippen molar-refractivity contribution in [1.29, 1.82) is 0 Å². The van der Waals surface area contributed by atoms with Crippen molar-refractivity contribution in [3.05, 3.63) is 66.2 Å². The van der Waals surface area contributed by atoms with Crippen molar-refractivity contribution in [1.82, 2.24) is 4.90 Å². The number of hydrogen-bond donors (Lipinski definition) is 0. The van der Waals surface area contributed by atoms with Gasteiger partial charge in [0, 0.05) is 18.6 Å². The lowest BCUT2D eigenvalue weighted by atomic mass is 9.94. The van der Waals surface area contributed by atoms with E-state index in [2.05, 4.69) is 86.3 Å². The molecular weight excluding hydrogens is 266 g/mol. The van der Waals surface area contributed by atoms with Crippen molar-refractivity contribution < 1.29 is 0 Å². The average Bonchev–Trinajstić information content (AvgIpc) is 2.55. The maximum Gasteiger partial charge on any atom is 0.0174 e. The van der Waals surface area contributed by atoms with Gasteiger partial charge in [-0.2, -0.15) is 0 Å². The molecule has 0 N–H and O–H groups in total. The SMILES string of the molecule is CC(C)(C)N1CC=C(c2ccc(-c3ccccc3)cc2)CC1. The zero-order valence-corrected chi connectivity index (χ0v) is 13.8. The molecule has 114 valence electrons. The van der Waals surface area contributed by atoms with E-state index < -0.39 is 0 Å². The van der Waals surface area contributed by atoms with Gasteiger partial charge in [0.05, 0.1) is 0 Å². The van der Waals surface area contributed by atoms with Crippen LogP contribution in [-0.4, -0.2) is 23.5 Å². The van der Waals surface area contributed by atoms with E-state index in [-0.39, 0.29) is 5.54 Å². The molecule has 0 bridgehead atoms. The molecule has 0 aromatic heterocycles. The third-order valence-electron chi connectivity index (χ3n) is 4.52. The Morgan fingerprint density at radius 3 is 1.91 bits per heavy atom. The summed E-state index contributed by atoms with van der Waals surface area (Å²) in [5.41, 5.74) is 5.69. The van der Waals surface area contributed by atoms with Crippen LogP contribution >= 0.6 is 0 Å². The van der Waals surface area contributed by atoms with E-state index in [0.29, 0.717) is 0 Å². The van der Waals surface area contributed by atoms with Crippen molar-refractivity contribution in [3.63, 3.8) is 0 Å². The fourth-order valence-corrected chi connectivity index (χ4v) is 3.05. The van der Waals surface area contributed by atoms with Crippen LogP contribution in [0, 0.1) is 0 Å². The predicted molar refractivity (Wildman–Crippen MR) is 95.8 cm³/mol. The molecule has 3 rings (SSSR count). The monoisotopic (exact) mass is 291 g/mol. The summed E-state index contributed by atoms with van der Waals surface area (Å²) in [5.74, 6) is 0. The lowest BCUT2D eigenvalue weighted by Gasteiger charge is -2.37. The first-order chi connectivity index (χ1) is 10.5. The van der Waals surface area contributed by atoms with E-state index in [4.69, 9.17) is 0 Å². The lowest BCUT2D eigenvalue weighted by molar-refractivity contribution is 0.153. The molecule has 0 radical (unpaired) electrons. The summed E-state index contributed by atoms with van der Waals surface area (Å²) in [4.78, 5) is 2.54. The van der Waals surface area contributed by atoms with Gasteiger partial charge in [-0.15, -0.1) is 0 Å². The van der Waals surface area contributed by atoms with Crippen LogP contribution < -0.4 is 0 Å². The first-order valence-corrected chi connectivity index (χ1v) is 8.14. The highest BCUT2D eigenvalue weighted by Crippen LogP contribution is 2.28. The van der Waals surface area contributed by atoms with Crippen molar-refractivity contribution in [3.8, 4) is 11.1 Å². The molecule has 1 heteroatoms. The minimum Gasteiger partial charge on any atom is -0.294 e. The normalized spacial score (nSPS) is 16.4. The zero-order valence-electron chi connectivity index (χ0n) is 13.8. The third-order valence-corrected chi connectivity index (χ3v) is 4.52. The second-order valence-corrected chi connectivity index (χ2v) is 7.04. The predicted octanol–water partition coefficient (Wildman–Crippen LogP) is 5.24. The molecule has 0 saturated heterocycles. The van der Waals surface area contributed by atoms with Crippen LogP contribution in [0.2, 0.25) is 0 Å². The van der Waals surface area contributed by atoms with E-state index >= 15 is 0 Å². The van der Waals surface area contributed by atoms with Gasteiger partial charge in [-0.1, -0.05) is 60.7 Å². The number of hydrogen-bond acceptors (Lipinski definition) is 1. The average molecular weight is 291 g/mol. The largest absolute Gasteiger partial charge is 0.294 e. The molecule has 0 atom stereocenters. The van der Waals surface area contributed by atoms with Crippen molar-refractivity contribution in [2.24, 2.45) is 0 Å². The summed E-state index contributed by atoms with van der Waals surface area (Å²) in [5, 5.41) is 0. The minimum atomic E-state index is 0.263. The molecule has 22 heavy (non-hydrogen) atoms. The molecule has 1 heterocycles. The number of rotatable bonds is 2. The van der Waals surface area contributed by atoms with Crippen molar-refractivity contribution in [2.45, 2.75) is 32.7 Å². The quantitative estimate of drug-likeness (QED) is 0.731. The highest BCUT2D eigenvalue weighted by Gasteiger charge is 2.23. The first kappa shape index (κ1) is 15.1. The van der Waals surface area contributed by atoms with Gasteiger partial charge in [-0.05, 0) is 49.5 Å². The molecule has 0 spiro atoms. The molecule has 2 aromatic rings. The maximum absolute atomic E-state index is 2.54. The molecular formula is C21H25N. The van der Waals surface area contributed by atoms with Gasteiger partial charge in [0.2, 0.25) is 0 Å². The Morgan fingerprint density at radius 1 is 0.773 bits per heavy atom. The fourth-order valence-electron chi connectivity index (χ4n) is 3.05. The second-order valence-electron chi connectivity index (χ2n) is 7.04. The van der Waals surface area contributed by atoms with Gasteiger partial charge in [-0.3, -0.25) is 4.90 Å². The van der Waals surface area contributed by atoms with Gasteiger partial charge < -0.3 is 0 Å². The summed E-state index contributed by atoms with van der Waals surface area (Å²) < 4.78 is 0. The number of nitrogens with zero attached hydrogens (tertiary/aromatic N) is 1. The van der Waals surface area contributed by atoms with E-state index in [1.165, 1.54) is 22.3 Å². The lowest BCUT2D eigenvalue weighted by Crippen LogP contribution is -2.43.